The van der Waals surface area contributed by atoms with Crippen molar-refractivity contribution in [3.63, 3.8) is 0 Å². The molecule has 1 aliphatic carbocycles. The third-order valence-electron chi connectivity index (χ3n) is 4.92. The van der Waals surface area contributed by atoms with Crippen molar-refractivity contribution in [2.75, 3.05) is 13.1 Å². The first-order valence-electron chi connectivity index (χ1n) is 8.75. The molecular weight excluding hydrogens is 264 g/mol. The van der Waals surface area contributed by atoms with Crippen LogP contribution in [0, 0.1) is 5.92 Å². The summed E-state index contributed by atoms with van der Waals surface area (Å²) in [6.45, 7) is 3.51. The quantitative estimate of drug-likeness (QED) is 0.847. The van der Waals surface area contributed by atoms with Gasteiger partial charge in [-0.1, -0.05) is 32.1 Å². The lowest BCUT2D eigenvalue weighted by Gasteiger charge is -2.29. The summed E-state index contributed by atoms with van der Waals surface area (Å²) in [6.07, 6.45) is 11.5. The van der Waals surface area contributed by atoms with Crippen molar-refractivity contribution in [1.82, 2.24) is 10.2 Å². The molecular formula is C17H30N2O2. The molecule has 4 heteroatoms. The third kappa shape index (κ3) is 5.33. The van der Waals surface area contributed by atoms with Crippen LogP contribution in [0.1, 0.15) is 71.1 Å². The zero-order valence-electron chi connectivity index (χ0n) is 13.4. The zero-order valence-corrected chi connectivity index (χ0v) is 13.4. The maximum absolute atomic E-state index is 12.3. The Morgan fingerprint density at radius 2 is 1.67 bits per heavy atom. The van der Waals surface area contributed by atoms with Crippen molar-refractivity contribution in [2.45, 2.75) is 77.2 Å². The number of hydrogen-bond acceptors (Lipinski definition) is 2. The molecule has 1 unspecified atom stereocenters. The van der Waals surface area contributed by atoms with Gasteiger partial charge in [-0.25, -0.2) is 0 Å². The number of nitrogens with one attached hydrogen (secondary N) is 1. The lowest BCUT2D eigenvalue weighted by Crippen LogP contribution is -2.48. The van der Waals surface area contributed by atoms with Crippen molar-refractivity contribution in [3.05, 3.63) is 0 Å². The Morgan fingerprint density at radius 1 is 1.05 bits per heavy atom. The summed E-state index contributed by atoms with van der Waals surface area (Å²) >= 11 is 0. The zero-order chi connectivity index (χ0) is 15.1. The largest absolute Gasteiger partial charge is 0.345 e. The summed E-state index contributed by atoms with van der Waals surface area (Å²) < 4.78 is 0. The summed E-state index contributed by atoms with van der Waals surface area (Å²) in [7, 11) is 0. The van der Waals surface area contributed by atoms with E-state index in [1.807, 2.05) is 11.8 Å². The second kappa shape index (κ2) is 8.40. The molecule has 1 saturated carbocycles. The predicted molar refractivity (Wildman–Crippen MR) is 83.8 cm³/mol. The second-order valence-corrected chi connectivity index (χ2v) is 6.72. The molecule has 0 spiro atoms. The second-order valence-electron chi connectivity index (χ2n) is 6.72. The summed E-state index contributed by atoms with van der Waals surface area (Å²) in [6, 6.07) is -0.373. The van der Waals surface area contributed by atoms with Gasteiger partial charge in [-0.3, -0.25) is 9.59 Å². The molecule has 0 bridgehead atoms. The van der Waals surface area contributed by atoms with Gasteiger partial charge < -0.3 is 10.2 Å². The van der Waals surface area contributed by atoms with Crippen molar-refractivity contribution >= 4 is 11.8 Å². The van der Waals surface area contributed by atoms with E-state index >= 15 is 0 Å². The number of piperidine rings is 1. The predicted octanol–water partition coefficient (Wildman–Crippen LogP) is 2.86. The van der Waals surface area contributed by atoms with Crippen LogP contribution in [-0.4, -0.2) is 35.8 Å². The lowest BCUT2D eigenvalue weighted by atomic mass is 9.86. The van der Waals surface area contributed by atoms with Gasteiger partial charge in [0, 0.05) is 19.5 Å². The Kier molecular flexibility index (Phi) is 6.52. The monoisotopic (exact) mass is 294 g/mol. The number of carbonyl (C=O) groups is 2. The highest BCUT2D eigenvalue weighted by Crippen LogP contribution is 2.27. The molecule has 0 aromatic carbocycles. The smallest absolute Gasteiger partial charge is 0.244 e. The maximum atomic E-state index is 12.3. The minimum atomic E-state index is -0.373. The fraction of sp³-hybridized carbons (Fsp3) is 0.882. The first kappa shape index (κ1) is 16.3. The normalized spacial score (nSPS) is 21.9. The lowest BCUT2D eigenvalue weighted by molar-refractivity contribution is -0.136. The van der Waals surface area contributed by atoms with Crippen molar-refractivity contribution in [3.8, 4) is 0 Å². The highest BCUT2D eigenvalue weighted by molar-refractivity contribution is 5.87. The first-order valence-corrected chi connectivity index (χ1v) is 8.75. The van der Waals surface area contributed by atoms with E-state index in [1.54, 1.807) is 0 Å². The number of hydrogen-bond donors (Lipinski definition) is 1. The van der Waals surface area contributed by atoms with Crippen molar-refractivity contribution in [1.29, 1.82) is 0 Å². The van der Waals surface area contributed by atoms with Gasteiger partial charge >= 0.3 is 0 Å². The molecule has 21 heavy (non-hydrogen) atoms. The molecule has 1 N–H and O–H groups in total. The van der Waals surface area contributed by atoms with Gasteiger partial charge in [0.2, 0.25) is 11.8 Å². The molecule has 4 nitrogen and oxygen atoms in total. The van der Waals surface area contributed by atoms with Crippen molar-refractivity contribution < 1.29 is 9.59 Å². The molecule has 1 saturated heterocycles. The van der Waals surface area contributed by atoms with Crippen LogP contribution < -0.4 is 5.32 Å². The van der Waals surface area contributed by atoms with Crippen LogP contribution in [0.15, 0.2) is 0 Å². The number of likely N-dealkylation sites (tertiary alicyclic amines) is 1. The Labute approximate surface area is 128 Å². The van der Waals surface area contributed by atoms with E-state index in [0.717, 1.165) is 38.3 Å². The van der Waals surface area contributed by atoms with Crippen LogP contribution in [0.25, 0.3) is 0 Å². The van der Waals surface area contributed by atoms with Gasteiger partial charge in [0.25, 0.3) is 0 Å². The fourth-order valence-electron chi connectivity index (χ4n) is 3.57. The van der Waals surface area contributed by atoms with E-state index < -0.39 is 0 Å². The molecule has 2 rings (SSSR count). The summed E-state index contributed by atoms with van der Waals surface area (Å²) in [5, 5.41) is 2.89. The van der Waals surface area contributed by atoms with Gasteiger partial charge in [-0.2, -0.15) is 0 Å². The molecule has 1 atom stereocenters. The fourth-order valence-corrected chi connectivity index (χ4v) is 3.57. The van der Waals surface area contributed by atoms with Crippen LogP contribution in [0.3, 0.4) is 0 Å². The van der Waals surface area contributed by atoms with Crippen LogP contribution in [0.2, 0.25) is 0 Å². The van der Waals surface area contributed by atoms with E-state index in [1.165, 1.54) is 38.5 Å². The summed E-state index contributed by atoms with van der Waals surface area (Å²) in [4.78, 5) is 26.2. The number of rotatable bonds is 5. The Balaban J connectivity index is 1.67. The molecule has 0 aromatic rings. The summed E-state index contributed by atoms with van der Waals surface area (Å²) in [5.74, 6) is 0.844. The molecule has 0 aromatic heterocycles. The Morgan fingerprint density at radius 3 is 2.33 bits per heavy atom. The van der Waals surface area contributed by atoms with E-state index in [9.17, 15) is 9.59 Å². The van der Waals surface area contributed by atoms with Gasteiger partial charge in [0.05, 0.1) is 0 Å². The SMILES string of the molecule is CC(NC(=O)CCC1CCCCC1)C(=O)N1CCCCC1. The summed E-state index contributed by atoms with van der Waals surface area (Å²) in [5.41, 5.74) is 0. The van der Waals surface area contributed by atoms with E-state index in [2.05, 4.69) is 5.32 Å². The van der Waals surface area contributed by atoms with Crippen LogP contribution in [0.4, 0.5) is 0 Å². The van der Waals surface area contributed by atoms with Crippen LogP contribution in [-0.2, 0) is 9.59 Å². The van der Waals surface area contributed by atoms with Crippen LogP contribution >= 0.6 is 0 Å². The molecule has 1 heterocycles. The molecule has 1 aliphatic heterocycles. The molecule has 120 valence electrons. The average molecular weight is 294 g/mol. The molecule has 2 aliphatic rings. The highest BCUT2D eigenvalue weighted by atomic mass is 16.2. The number of amides is 2. The van der Waals surface area contributed by atoms with Gasteiger partial charge in [0.15, 0.2) is 0 Å². The number of carbonyl (C=O) groups excluding carboxylic acids is 2. The minimum Gasteiger partial charge on any atom is -0.345 e. The molecule has 2 amide bonds. The Bertz CT molecular complexity index is 345. The van der Waals surface area contributed by atoms with E-state index in [-0.39, 0.29) is 17.9 Å². The third-order valence-corrected chi connectivity index (χ3v) is 4.92. The number of nitrogens with zero attached hydrogens (tertiary/aromatic N) is 1. The maximum Gasteiger partial charge on any atom is 0.244 e. The average Bonchev–Trinajstić information content (AvgIpc) is 2.54. The first-order chi connectivity index (χ1) is 10.2. The van der Waals surface area contributed by atoms with Crippen LogP contribution in [0.5, 0.6) is 0 Å². The molecule has 2 fully saturated rings. The highest BCUT2D eigenvalue weighted by Gasteiger charge is 2.23. The van der Waals surface area contributed by atoms with Gasteiger partial charge in [-0.15, -0.1) is 0 Å². The van der Waals surface area contributed by atoms with E-state index in [4.69, 9.17) is 0 Å². The topological polar surface area (TPSA) is 49.4 Å². The molecule has 0 radical (unpaired) electrons. The standard InChI is InChI=1S/C17H30N2O2/c1-14(17(21)19-12-6-3-7-13-19)18-16(20)11-10-15-8-4-2-5-9-15/h14-15H,2-13H2,1H3,(H,18,20). The van der Waals surface area contributed by atoms with E-state index in [0.29, 0.717) is 6.42 Å². The van der Waals surface area contributed by atoms with Gasteiger partial charge in [0.1, 0.15) is 6.04 Å². The van der Waals surface area contributed by atoms with Gasteiger partial charge in [-0.05, 0) is 38.5 Å². The minimum absolute atomic E-state index is 0.0402. The Hall–Kier alpha value is -1.06. The van der Waals surface area contributed by atoms with Crippen molar-refractivity contribution in [2.24, 2.45) is 5.92 Å².